The number of nitrogens with one attached hydrogen (secondary N) is 1. The Morgan fingerprint density at radius 2 is 1.80 bits per heavy atom. The molecule has 0 spiro atoms. The van der Waals surface area contributed by atoms with Gasteiger partial charge in [0.2, 0.25) is 5.91 Å². The number of nitro groups is 1. The molecule has 8 heteroatoms. The van der Waals surface area contributed by atoms with E-state index < -0.39 is 4.92 Å². The number of Topliss-reactive ketones (excluding diaryl/α,β-unsaturated/α-hetero) is 1. The van der Waals surface area contributed by atoms with Crippen LogP contribution in [0.1, 0.15) is 29.6 Å². The summed E-state index contributed by atoms with van der Waals surface area (Å²) in [6, 6.07) is 13.3. The van der Waals surface area contributed by atoms with Crippen molar-refractivity contribution in [2.75, 3.05) is 32.1 Å². The maximum atomic E-state index is 12.7. The number of ketones is 1. The summed E-state index contributed by atoms with van der Waals surface area (Å²) >= 11 is 0. The lowest BCUT2D eigenvalue weighted by Crippen LogP contribution is -2.38. The van der Waals surface area contributed by atoms with Crippen LogP contribution in [0.2, 0.25) is 0 Å². The van der Waals surface area contributed by atoms with E-state index in [1.165, 1.54) is 12.1 Å². The fourth-order valence-corrected chi connectivity index (χ4v) is 3.62. The highest BCUT2D eigenvalue weighted by Gasteiger charge is 2.26. The first-order valence-corrected chi connectivity index (χ1v) is 9.92. The first-order valence-electron chi connectivity index (χ1n) is 9.92. The van der Waals surface area contributed by atoms with Crippen LogP contribution in [0.4, 0.5) is 11.4 Å². The van der Waals surface area contributed by atoms with Crippen molar-refractivity contribution in [3.05, 3.63) is 64.2 Å². The predicted molar refractivity (Wildman–Crippen MR) is 113 cm³/mol. The van der Waals surface area contributed by atoms with E-state index in [1.807, 2.05) is 0 Å². The number of benzene rings is 2. The number of rotatable bonds is 8. The van der Waals surface area contributed by atoms with Crippen LogP contribution in [0, 0.1) is 16.0 Å². The number of likely N-dealkylation sites (tertiary alicyclic amines) is 1. The van der Waals surface area contributed by atoms with Gasteiger partial charge in [-0.2, -0.15) is 0 Å². The number of nitro benzene ring substituents is 1. The van der Waals surface area contributed by atoms with Crippen molar-refractivity contribution in [1.82, 2.24) is 4.90 Å². The minimum atomic E-state index is -0.514. The van der Waals surface area contributed by atoms with E-state index in [0.29, 0.717) is 12.1 Å². The Bertz CT molecular complexity index is 905. The number of carbonyl (C=O) groups excluding carboxylic acids is 2. The summed E-state index contributed by atoms with van der Waals surface area (Å²) in [5.41, 5.74) is 0.776. The Balaban J connectivity index is 1.45. The Hall–Kier alpha value is -3.26. The third-order valence-corrected chi connectivity index (χ3v) is 5.36. The van der Waals surface area contributed by atoms with Gasteiger partial charge in [0, 0.05) is 30.5 Å². The molecule has 1 saturated heterocycles. The largest absolute Gasteiger partial charge is 0.497 e. The number of methoxy groups -OCH3 is 1. The van der Waals surface area contributed by atoms with Crippen LogP contribution in [0.15, 0.2) is 48.5 Å². The Kier molecular flexibility index (Phi) is 7.13. The standard InChI is InChI=1S/C22H25N3O5/c1-30-18-8-6-16(7-9-18)22(27)17-10-13-24(14-11-17)15-12-21(26)23-19-4-2-3-5-20(19)25(28)29/h2-9,17H,10-15H2,1H3,(H,23,26). The zero-order valence-electron chi connectivity index (χ0n) is 16.9. The van der Waals surface area contributed by atoms with Crippen LogP contribution in [-0.4, -0.2) is 48.3 Å². The molecule has 0 bridgehead atoms. The van der Waals surface area contributed by atoms with Crippen molar-refractivity contribution in [1.29, 1.82) is 0 Å². The normalized spacial score (nSPS) is 14.8. The SMILES string of the molecule is COc1ccc(C(=O)C2CCN(CCC(=O)Nc3ccccc3[N+](=O)[O-])CC2)cc1. The number of hydrogen-bond acceptors (Lipinski definition) is 6. The fourth-order valence-electron chi connectivity index (χ4n) is 3.62. The number of anilines is 1. The maximum Gasteiger partial charge on any atom is 0.292 e. The van der Waals surface area contributed by atoms with Gasteiger partial charge < -0.3 is 15.0 Å². The third-order valence-electron chi connectivity index (χ3n) is 5.36. The first-order chi connectivity index (χ1) is 14.5. The number of para-hydroxylation sites is 2. The predicted octanol–water partition coefficient (Wildman–Crippen LogP) is 3.53. The molecule has 1 aliphatic rings. The molecule has 0 atom stereocenters. The lowest BCUT2D eigenvalue weighted by molar-refractivity contribution is -0.383. The molecule has 3 rings (SSSR count). The second kappa shape index (κ2) is 9.98. The fraction of sp³-hybridized carbons (Fsp3) is 0.364. The molecule has 1 amide bonds. The molecule has 1 N–H and O–H groups in total. The number of piperidine rings is 1. The topological polar surface area (TPSA) is 102 Å². The van der Waals surface area contributed by atoms with E-state index in [4.69, 9.17) is 4.74 Å². The Labute approximate surface area is 175 Å². The molecule has 0 aromatic heterocycles. The van der Waals surface area contributed by atoms with Crippen molar-refractivity contribution in [3.8, 4) is 5.75 Å². The second-order valence-electron chi connectivity index (χ2n) is 7.28. The molecule has 30 heavy (non-hydrogen) atoms. The van der Waals surface area contributed by atoms with E-state index in [0.717, 1.165) is 31.7 Å². The highest BCUT2D eigenvalue weighted by molar-refractivity contribution is 5.98. The molecule has 1 aliphatic heterocycles. The van der Waals surface area contributed by atoms with E-state index in [2.05, 4.69) is 10.2 Å². The van der Waals surface area contributed by atoms with Gasteiger partial charge in [-0.1, -0.05) is 12.1 Å². The van der Waals surface area contributed by atoms with E-state index in [9.17, 15) is 19.7 Å². The minimum absolute atomic E-state index is 0.0181. The molecule has 2 aromatic carbocycles. The van der Waals surface area contributed by atoms with Gasteiger partial charge in [-0.15, -0.1) is 0 Å². The first kappa shape index (κ1) is 21.4. The van der Waals surface area contributed by atoms with Gasteiger partial charge in [0.1, 0.15) is 11.4 Å². The molecule has 1 fully saturated rings. The molecule has 0 radical (unpaired) electrons. The number of carbonyl (C=O) groups is 2. The molecule has 8 nitrogen and oxygen atoms in total. The molecule has 0 aliphatic carbocycles. The van der Waals surface area contributed by atoms with Crippen molar-refractivity contribution in [3.63, 3.8) is 0 Å². The van der Waals surface area contributed by atoms with Gasteiger partial charge in [0.05, 0.1) is 12.0 Å². The highest BCUT2D eigenvalue weighted by Crippen LogP contribution is 2.25. The van der Waals surface area contributed by atoms with E-state index in [-0.39, 0.29) is 35.4 Å². The molecule has 0 saturated carbocycles. The summed E-state index contributed by atoms with van der Waals surface area (Å²) in [5.74, 6) is 0.586. The molecule has 0 unspecified atom stereocenters. The van der Waals surface area contributed by atoms with Crippen LogP contribution < -0.4 is 10.1 Å². The lowest BCUT2D eigenvalue weighted by Gasteiger charge is -2.31. The summed E-state index contributed by atoms with van der Waals surface area (Å²) in [5, 5.41) is 13.7. The summed E-state index contributed by atoms with van der Waals surface area (Å²) in [4.78, 5) is 37.6. The van der Waals surface area contributed by atoms with Gasteiger partial charge in [-0.05, 0) is 56.3 Å². The molecular weight excluding hydrogens is 386 g/mol. The molecule has 158 valence electrons. The molecular formula is C22H25N3O5. The van der Waals surface area contributed by atoms with E-state index >= 15 is 0 Å². The monoisotopic (exact) mass is 411 g/mol. The van der Waals surface area contributed by atoms with Gasteiger partial charge >= 0.3 is 0 Å². The third kappa shape index (κ3) is 5.42. The van der Waals surface area contributed by atoms with Crippen molar-refractivity contribution in [2.24, 2.45) is 5.92 Å². The van der Waals surface area contributed by atoms with Gasteiger partial charge in [-0.3, -0.25) is 19.7 Å². The summed E-state index contributed by atoms with van der Waals surface area (Å²) < 4.78 is 5.13. The Morgan fingerprint density at radius 3 is 2.43 bits per heavy atom. The minimum Gasteiger partial charge on any atom is -0.497 e. The van der Waals surface area contributed by atoms with Crippen LogP contribution in [-0.2, 0) is 4.79 Å². The van der Waals surface area contributed by atoms with Gasteiger partial charge in [-0.25, -0.2) is 0 Å². The van der Waals surface area contributed by atoms with Gasteiger partial charge in [0.15, 0.2) is 5.78 Å². The average molecular weight is 411 g/mol. The number of hydrogen-bond donors (Lipinski definition) is 1. The van der Waals surface area contributed by atoms with Crippen LogP contribution in [0.3, 0.4) is 0 Å². The average Bonchev–Trinajstić information content (AvgIpc) is 2.78. The second-order valence-corrected chi connectivity index (χ2v) is 7.28. The van der Waals surface area contributed by atoms with Gasteiger partial charge in [0.25, 0.3) is 5.69 Å². The lowest BCUT2D eigenvalue weighted by atomic mass is 9.89. The maximum absolute atomic E-state index is 12.7. The Morgan fingerprint density at radius 1 is 1.13 bits per heavy atom. The summed E-state index contributed by atoms with van der Waals surface area (Å²) in [6.07, 6.45) is 1.73. The van der Waals surface area contributed by atoms with Crippen molar-refractivity contribution in [2.45, 2.75) is 19.3 Å². The van der Waals surface area contributed by atoms with Crippen LogP contribution in [0.25, 0.3) is 0 Å². The number of nitrogens with zero attached hydrogens (tertiary/aromatic N) is 2. The smallest absolute Gasteiger partial charge is 0.292 e. The zero-order chi connectivity index (χ0) is 21.5. The van der Waals surface area contributed by atoms with Crippen LogP contribution in [0.5, 0.6) is 5.75 Å². The summed E-state index contributed by atoms with van der Waals surface area (Å²) in [6.45, 7) is 2.03. The summed E-state index contributed by atoms with van der Waals surface area (Å²) in [7, 11) is 1.59. The van der Waals surface area contributed by atoms with Crippen LogP contribution >= 0.6 is 0 Å². The number of ether oxygens (including phenoxy) is 1. The molecule has 1 heterocycles. The van der Waals surface area contributed by atoms with Crippen molar-refractivity contribution >= 4 is 23.1 Å². The quantitative estimate of drug-likeness (QED) is 0.405. The highest BCUT2D eigenvalue weighted by atomic mass is 16.6. The molecule has 2 aromatic rings. The van der Waals surface area contributed by atoms with E-state index in [1.54, 1.807) is 43.5 Å². The van der Waals surface area contributed by atoms with Crippen molar-refractivity contribution < 1.29 is 19.2 Å². The number of amides is 1. The zero-order valence-corrected chi connectivity index (χ0v) is 16.9.